The first-order valence-corrected chi connectivity index (χ1v) is 11.8. The van der Waals surface area contributed by atoms with Crippen molar-refractivity contribution in [3.8, 4) is 0 Å². The number of aliphatic carboxylic acids is 1. The summed E-state index contributed by atoms with van der Waals surface area (Å²) in [5, 5.41) is 22.6. The molecule has 0 amide bonds. The molecule has 4 rings (SSSR count). The van der Waals surface area contributed by atoms with Crippen LogP contribution in [0.5, 0.6) is 0 Å². The van der Waals surface area contributed by atoms with E-state index in [1.165, 1.54) is 24.0 Å². The minimum absolute atomic E-state index is 0.0788. The molecule has 28 heavy (non-hydrogen) atoms. The zero-order valence-corrected chi connectivity index (χ0v) is 18.5. The first kappa shape index (κ1) is 20.4. The Morgan fingerprint density at radius 3 is 2.39 bits per heavy atom. The maximum Gasteiger partial charge on any atom is 0.309 e. The minimum Gasteiger partial charge on any atom is -0.481 e. The average Bonchev–Trinajstić information content (AvgIpc) is 3.18. The highest BCUT2D eigenvalue weighted by Crippen LogP contribution is 2.64. The third kappa shape index (κ3) is 2.75. The molecule has 158 valence electrons. The van der Waals surface area contributed by atoms with Gasteiger partial charge < -0.3 is 10.2 Å². The fraction of sp³-hybridized carbons (Fsp3) is 0.880. The van der Waals surface area contributed by atoms with E-state index in [0.717, 1.165) is 25.7 Å². The second-order valence-electron chi connectivity index (χ2n) is 11.3. The molecule has 3 fully saturated rings. The van der Waals surface area contributed by atoms with Gasteiger partial charge in [0.25, 0.3) is 0 Å². The van der Waals surface area contributed by atoms with Crippen molar-refractivity contribution in [2.24, 2.45) is 46.8 Å². The van der Waals surface area contributed by atoms with E-state index in [4.69, 9.17) is 0 Å². The third-order valence-electron chi connectivity index (χ3n) is 9.92. The van der Waals surface area contributed by atoms with E-state index >= 15 is 0 Å². The third-order valence-corrected chi connectivity index (χ3v) is 9.92. The average molecular weight is 389 g/mol. The number of rotatable bonds is 2. The molecule has 0 aromatic heterocycles. The summed E-state index contributed by atoms with van der Waals surface area (Å²) < 4.78 is 0. The summed E-state index contributed by atoms with van der Waals surface area (Å²) in [6.45, 7) is 11.3. The van der Waals surface area contributed by atoms with E-state index < -0.39 is 17.0 Å². The summed E-state index contributed by atoms with van der Waals surface area (Å²) in [6.07, 6.45) is 7.82. The first-order valence-electron chi connectivity index (χ1n) is 11.8. The van der Waals surface area contributed by atoms with Gasteiger partial charge >= 0.3 is 5.97 Å². The Kier molecular flexibility index (Phi) is 5.01. The van der Waals surface area contributed by atoms with Crippen LogP contribution in [-0.2, 0) is 4.79 Å². The van der Waals surface area contributed by atoms with Gasteiger partial charge in [0.1, 0.15) is 0 Å². The van der Waals surface area contributed by atoms with E-state index in [-0.39, 0.29) is 11.8 Å². The lowest BCUT2D eigenvalue weighted by Crippen LogP contribution is -2.57. The van der Waals surface area contributed by atoms with Crippen molar-refractivity contribution in [1.29, 1.82) is 0 Å². The van der Waals surface area contributed by atoms with Crippen molar-refractivity contribution < 1.29 is 15.0 Å². The molecule has 3 saturated carbocycles. The quantitative estimate of drug-likeness (QED) is 0.599. The maximum absolute atomic E-state index is 12.6. The van der Waals surface area contributed by atoms with Crippen LogP contribution in [0.25, 0.3) is 0 Å². The van der Waals surface area contributed by atoms with Crippen LogP contribution in [0.15, 0.2) is 11.1 Å². The van der Waals surface area contributed by atoms with Crippen molar-refractivity contribution in [1.82, 2.24) is 0 Å². The number of hydrogen-bond donors (Lipinski definition) is 2. The van der Waals surface area contributed by atoms with Crippen LogP contribution < -0.4 is 0 Å². The van der Waals surface area contributed by atoms with Crippen LogP contribution in [0.1, 0.15) is 86.0 Å². The molecule has 4 aliphatic rings. The Morgan fingerprint density at radius 1 is 1.04 bits per heavy atom. The molecule has 2 N–H and O–H groups in total. The van der Waals surface area contributed by atoms with E-state index in [9.17, 15) is 15.0 Å². The molecule has 8 atom stereocenters. The van der Waals surface area contributed by atoms with Gasteiger partial charge in [-0.25, -0.2) is 0 Å². The second kappa shape index (κ2) is 6.86. The molecular weight excluding hydrogens is 348 g/mol. The zero-order chi connectivity index (χ0) is 20.4. The standard InChI is InChI=1S/C25H40O3/c1-14(2)18-10-11-24(23(26)27)12-21-16(4)7-8-19-15(3)6-9-20(19)17(5)25(21,28)13-22(18)24/h14-16,18-19,21-22,28H,6-13H2,1-5H3,(H,26,27)/b20-17-/t15-,16+,18-,19+,21-,22+,24+,25+/m1/s1. The molecule has 0 heterocycles. The van der Waals surface area contributed by atoms with E-state index in [2.05, 4.69) is 34.6 Å². The van der Waals surface area contributed by atoms with Gasteiger partial charge in [0, 0.05) is 0 Å². The molecule has 3 nitrogen and oxygen atoms in total. The van der Waals surface area contributed by atoms with Crippen LogP contribution in [0.3, 0.4) is 0 Å². The number of carboxylic acid groups (broad SMARTS) is 1. The van der Waals surface area contributed by atoms with Gasteiger partial charge in [0.15, 0.2) is 0 Å². The zero-order valence-electron chi connectivity index (χ0n) is 18.5. The summed E-state index contributed by atoms with van der Waals surface area (Å²) in [5.41, 5.74) is 1.33. The largest absolute Gasteiger partial charge is 0.481 e. The molecule has 0 radical (unpaired) electrons. The summed E-state index contributed by atoms with van der Waals surface area (Å²) in [4.78, 5) is 12.6. The summed E-state index contributed by atoms with van der Waals surface area (Å²) in [6, 6.07) is 0. The van der Waals surface area contributed by atoms with Gasteiger partial charge in [-0.2, -0.15) is 0 Å². The first-order chi connectivity index (χ1) is 13.1. The predicted molar refractivity (Wildman–Crippen MR) is 112 cm³/mol. The number of allylic oxidation sites excluding steroid dienone is 1. The van der Waals surface area contributed by atoms with Crippen molar-refractivity contribution in [2.45, 2.75) is 91.6 Å². The number of hydrogen-bond acceptors (Lipinski definition) is 2. The van der Waals surface area contributed by atoms with E-state index in [1.54, 1.807) is 0 Å². The van der Waals surface area contributed by atoms with Crippen molar-refractivity contribution in [2.75, 3.05) is 0 Å². The van der Waals surface area contributed by atoms with Gasteiger partial charge in [-0.15, -0.1) is 0 Å². The summed E-state index contributed by atoms with van der Waals surface area (Å²) in [7, 11) is 0. The number of carboxylic acids is 1. The Bertz CT molecular complexity index is 679. The van der Waals surface area contributed by atoms with Gasteiger partial charge in [-0.05, 0) is 105 Å². The molecule has 0 aromatic carbocycles. The fourth-order valence-electron chi connectivity index (χ4n) is 8.08. The van der Waals surface area contributed by atoms with E-state index in [0.29, 0.717) is 42.4 Å². The Morgan fingerprint density at radius 2 is 1.75 bits per heavy atom. The van der Waals surface area contributed by atoms with Gasteiger partial charge in [-0.1, -0.05) is 33.3 Å². The van der Waals surface area contributed by atoms with Crippen LogP contribution in [-0.4, -0.2) is 21.8 Å². The topological polar surface area (TPSA) is 57.5 Å². The number of fused-ring (bicyclic) bond motifs is 3. The van der Waals surface area contributed by atoms with E-state index in [1.807, 2.05) is 0 Å². The molecular formula is C25H40O3. The highest BCUT2D eigenvalue weighted by Gasteiger charge is 2.64. The highest BCUT2D eigenvalue weighted by molar-refractivity contribution is 5.76. The van der Waals surface area contributed by atoms with Gasteiger partial charge in [0.05, 0.1) is 11.0 Å². The SMILES string of the molecule is C/C1=C2\CC[C@@H](C)[C@@H]2CC[C@H](C)[C@H]2C[C@@]3(C(=O)O)CC[C@H](C(C)C)[C@@H]3C[C@]12O. The fourth-order valence-corrected chi connectivity index (χ4v) is 8.08. The van der Waals surface area contributed by atoms with Crippen LogP contribution in [0.2, 0.25) is 0 Å². The van der Waals surface area contributed by atoms with Crippen molar-refractivity contribution in [3.63, 3.8) is 0 Å². The molecule has 0 spiro atoms. The Labute approximate surface area is 171 Å². The molecule has 3 heteroatoms. The molecule has 4 aliphatic carbocycles. The monoisotopic (exact) mass is 388 g/mol. The smallest absolute Gasteiger partial charge is 0.309 e. The lowest BCUT2D eigenvalue weighted by molar-refractivity contribution is -0.168. The Hall–Kier alpha value is -0.830. The summed E-state index contributed by atoms with van der Waals surface area (Å²) >= 11 is 0. The molecule has 0 bridgehead atoms. The summed E-state index contributed by atoms with van der Waals surface area (Å²) in [5.74, 6) is 2.19. The lowest BCUT2D eigenvalue weighted by atomic mass is 9.51. The van der Waals surface area contributed by atoms with Crippen molar-refractivity contribution >= 4 is 5.97 Å². The molecule has 0 unspecified atom stereocenters. The molecule has 0 aliphatic heterocycles. The second-order valence-corrected chi connectivity index (χ2v) is 11.3. The van der Waals surface area contributed by atoms with Gasteiger partial charge in [0.2, 0.25) is 0 Å². The van der Waals surface area contributed by atoms with Crippen LogP contribution >= 0.6 is 0 Å². The molecule has 0 saturated heterocycles. The Balaban J connectivity index is 1.81. The lowest BCUT2D eigenvalue weighted by Gasteiger charge is -2.54. The van der Waals surface area contributed by atoms with Crippen LogP contribution in [0, 0.1) is 46.8 Å². The van der Waals surface area contributed by atoms with Gasteiger partial charge in [-0.3, -0.25) is 4.79 Å². The normalized spacial score (nSPS) is 51.2. The van der Waals surface area contributed by atoms with Crippen molar-refractivity contribution in [3.05, 3.63) is 11.1 Å². The number of carbonyl (C=O) groups is 1. The highest BCUT2D eigenvalue weighted by atomic mass is 16.4. The molecule has 0 aromatic rings. The maximum atomic E-state index is 12.6. The minimum atomic E-state index is -0.807. The predicted octanol–water partition coefficient (Wildman–Crippen LogP) is 5.67. The number of aliphatic hydroxyl groups is 1. The van der Waals surface area contributed by atoms with Crippen LogP contribution in [0.4, 0.5) is 0 Å².